The third-order valence-corrected chi connectivity index (χ3v) is 5.33. The summed E-state index contributed by atoms with van der Waals surface area (Å²) in [6.45, 7) is 6.92. The van der Waals surface area contributed by atoms with Crippen molar-refractivity contribution in [2.45, 2.75) is 38.8 Å². The summed E-state index contributed by atoms with van der Waals surface area (Å²) in [6, 6.07) is 17.3. The SMILES string of the molecule is CCNC(=NCc1cccc(NC(=O)N2CCCC2)c1)NCC(C)(O)c1ccccc1. The number of nitrogens with zero attached hydrogens (tertiary/aromatic N) is 2. The average molecular weight is 424 g/mol. The average Bonchev–Trinajstić information content (AvgIpc) is 3.32. The van der Waals surface area contributed by atoms with E-state index < -0.39 is 5.60 Å². The molecule has 2 aromatic carbocycles. The molecule has 2 amide bonds. The van der Waals surface area contributed by atoms with Gasteiger partial charge >= 0.3 is 6.03 Å². The van der Waals surface area contributed by atoms with Crippen LogP contribution in [0.1, 0.15) is 37.8 Å². The van der Waals surface area contributed by atoms with Crippen molar-refractivity contribution in [1.29, 1.82) is 0 Å². The highest BCUT2D eigenvalue weighted by Gasteiger charge is 2.23. The van der Waals surface area contributed by atoms with Crippen LogP contribution in [0.15, 0.2) is 59.6 Å². The first-order valence-electron chi connectivity index (χ1n) is 10.9. The van der Waals surface area contributed by atoms with Crippen molar-refractivity contribution < 1.29 is 9.90 Å². The van der Waals surface area contributed by atoms with Gasteiger partial charge in [0, 0.05) is 25.3 Å². The van der Waals surface area contributed by atoms with E-state index in [1.165, 1.54) is 0 Å². The molecule has 1 aliphatic rings. The number of urea groups is 1. The van der Waals surface area contributed by atoms with Crippen LogP contribution in [-0.2, 0) is 12.1 Å². The fourth-order valence-electron chi connectivity index (χ4n) is 3.54. The van der Waals surface area contributed by atoms with Gasteiger partial charge in [0.25, 0.3) is 0 Å². The van der Waals surface area contributed by atoms with Crippen molar-refractivity contribution in [3.63, 3.8) is 0 Å². The standard InChI is InChI=1S/C24H33N5O2/c1-3-25-22(27-18-24(2,31)20-11-5-4-6-12-20)26-17-19-10-9-13-21(16-19)28-23(30)29-14-7-8-15-29/h4-6,9-13,16,31H,3,7-8,14-15,17-18H2,1-2H3,(H,28,30)(H2,25,26,27). The summed E-state index contributed by atoms with van der Waals surface area (Å²) in [7, 11) is 0. The van der Waals surface area contributed by atoms with Gasteiger partial charge in [0.15, 0.2) is 5.96 Å². The number of hydrogen-bond acceptors (Lipinski definition) is 3. The molecule has 1 heterocycles. The van der Waals surface area contributed by atoms with Crippen molar-refractivity contribution in [3.05, 3.63) is 65.7 Å². The van der Waals surface area contributed by atoms with Gasteiger partial charge in [-0.15, -0.1) is 0 Å². The highest BCUT2D eigenvalue weighted by atomic mass is 16.3. The number of hydrogen-bond donors (Lipinski definition) is 4. The molecule has 0 spiro atoms. The van der Waals surface area contributed by atoms with Crippen LogP contribution in [0.25, 0.3) is 0 Å². The molecule has 0 bridgehead atoms. The molecule has 1 aliphatic heterocycles. The fraction of sp³-hybridized carbons (Fsp3) is 0.417. The highest BCUT2D eigenvalue weighted by Crippen LogP contribution is 2.19. The first-order valence-corrected chi connectivity index (χ1v) is 10.9. The van der Waals surface area contributed by atoms with Crippen molar-refractivity contribution in [1.82, 2.24) is 15.5 Å². The number of nitrogens with one attached hydrogen (secondary N) is 3. The normalized spacial score (nSPS) is 16.0. The summed E-state index contributed by atoms with van der Waals surface area (Å²) in [5.41, 5.74) is 1.60. The Labute approximate surface area is 184 Å². The smallest absolute Gasteiger partial charge is 0.321 e. The number of guanidine groups is 1. The molecule has 1 fully saturated rings. The van der Waals surface area contributed by atoms with E-state index >= 15 is 0 Å². The highest BCUT2D eigenvalue weighted by molar-refractivity contribution is 5.89. The second-order valence-electron chi connectivity index (χ2n) is 8.01. The number of aliphatic hydroxyl groups is 1. The largest absolute Gasteiger partial charge is 0.384 e. The van der Waals surface area contributed by atoms with E-state index in [0.717, 1.165) is 42.7 Å². The maximum atomic E-state index is 12.3. The topological polar surface area (TPSA) is 89.0 Å². The monoisotopic (exact) mass is 423 g/mol. The molecule has 7 nitrogen and oxygen atoms in total. The van der Waals surface area contributed by atoms with Gasteiger partial charge in [-0.1, -0.05) is 42.5 Å². The molecule has 31 heavy (non-hydrogen) atoms. The molecule has 0 radical (unpaired) electrons. The van der Waals surface area contributed by atoms with Crippen LogP contribution >= 0.6 is 0 Å². The Morgan fingerprint density at radius 3 is 2.55 bits per heavy atom. The van der Waals surface area contributed by atoms with E-state index in [4.69, 9.17) is 0 Å². The Morgan fingerprint density at radius 2 is 1.84 bits per heavy atom. The third-order valence-electron chi connectivity index (χ3n) is 5.33. The van der Waals surface area contributed by atoms with Gasteiger partial charge in [-0.05, 0) is 49.9 Å². The molecule has 7 heteroatoms. The van der Waals surface area contributed by atoms with E-state index in [0.29, 0.717) is 25.6 Å². The maximum absolute atomic E-state index is 12.3. The Hall–Kier alpha value is -3.06. The number of benzene rings is 2. The lowest BCUT2D eigenvalue weighted by molar-refractivity contribution is 0.0617. The van der Waals surface area contributed by atoms with E-state index in [2.05, 4.69) is 20.9 Å². The summed E-state index contributed by atoms with van der Waals surface area (Å²) in [5, 5.41) is 20.2. The first kappa shape index (κ1) is 22.6. The van der Waals surface area contributed by atoms with E-state index in [1.807, 2.05) is 66.4 Å². The van der Waals surface area contributed by atoms with Crippen molar-refractivity contribution in [2.24, 2.45) is 4.99 Å². The zero-order chi connectivity index (χ0) is 22.1. The second kappa shape index (κ2) is 10.8. The van der Waals surface area contributed by atoms with E-state index in [9.17, 15) is 9.90 Å². The van der Waals surface area contributed by atoms with Crippen LogP contribution in [0.2, 0.25) is 0 Å². The molecule has 0 aromatic heterocycles. The molecule has 1 unspecified atom stereocenters. The molecule has 0 aliphatic carbocycles. The molecule has 3 rings (SSSR count). The minimum Gasteiger partial charge on any atom is -0.384 e. The van der Waals surface area contributed by atoms with E-state index in [1.54, 1.807) is 6.92 Å². The van der Waals surface area contributed by atoms with E-state index in [-0.39, 0.29) is 6.03 Å². The summed E-state index contributed by atoms with van der Waals surface area (Å²) >= 11 is 0. The number of amides is 2. The molecular formula is C24H33N5O2. The Bertz CT molecular complexity index is 877. The fourth-order valence-corrected chi connectivity index (χ4v) is 3.54. The second-order valence-corrected chi connectivity index (χ2v) is 8.01. The quantitative estimate of drug-likeness (QED) is 0.406. The number of rotatable bonds is 7. The van der Waals surface area contributed by atoms with Crippen molar-refractivity contribution in [3.8, 4) is 0 Å². The lowest BCUT2D eigenvalue weighted by Gasteiger charge is -2.25. The third kappa shape index (κ3) is 6.72. The zero-order valence-corrected chi connectivity index (χ0v) is 18.4. The number of carbonyl (C=O) groups excluding carboxylic acids is 1. The molecule has 166 valence electrons. The molecular weight excluding hydrogens is 390 g/mol. The predicted molar refractivity (Wildman–Crippen MR) is 125 cm³/mol. The van der Waals surface area contributed by atoms with Crippen LogP contribution in [0, 0.1) is 0 Å². The Balaban J connectivity index is 1.60. The summed E-state index contributed by atoms with van der Waals surface area (Å²) < 4.78 is 0. The lowest BCUT2D eigenvalue weighted by Crippen LogP contribution is -2.44. The molecule has 0 saturated carbocycles. The summed E-state index contributed by atoms with van der Waals surface area (Å²) in [6.07, 6.45) is 2.14. The first-order chi connectivity index (χ1) is 15.0. The van der Waals surface area contributed by atoms with Crippen molar-refractivity contribution in [2.75, 3.05) is 31.5 Å². The minimum absolute atomic E-state index is 0.0451. The van der Waals surface area contributed by atoms with Crippen LogP contribution in [0.4, 0.5) is 10.5 Å². The number of carbonyl (C=O) groups is 1. The minimum atomic E-state index is -1.02. The van der Waals surface area contributed by atoms with Gasteiger partial charge in [-0.3, -0.25) is 0 Å². The molecule has 1 saturated heterocycles. The molecule has 1 atom stereocenters. The van der Waals surface area contributed by atoms with Crippen LogP contribution in [-0.4, -0.2) is 48.2 Å². The van der Waals surface area contributed by atoms with Gasteiger partial charge < -0.3 is 26.0 Å². The Kier molecular flexibility index (Phi) is 7.89. The number of aliphatic imine (C=N–C) groups is 1. The van der Waals surface area contributed by atoms with Crippen LogP contribution in [0.5, 0.6) is 0 Å². The van der Waals surface area contributed by atoms with Gasteiger partial charge in [-0.2, -0.15) is 0 Å². The predicted octanol–water partition coefficient (Wildman–Crippen LogP) is 3.28. The number of likely N-dealkylation sites (tertiary alicyclic amines) is 1. The van der Waals surface area contributed by atoms with Crippen LogP contribution < -0.4 is 16.0 Å². The van der Waals surface area contributed by atoms with Gasteiger partial charge in [0.05, 0.1) is 13.1 Å². The lowest BCUT2D eigenvalue weighted by atomic mass is 9.96. The van der Waals surface area contributed by atoms with Gasteiger partial charge in [0.1, 0.15) is 5.60 Å². The van der Waals surface area contributed by atoms with Gasteiger partial charge in [0.2, 0.25) is 0 Å². The zero-order valence-electron chi connectivity index (χ0n) is 18.4. The summed E-state index contributed by atoms with van der Waals surface area (Å²) in [4.78, 5) is 18.8. The van der Waals surface area contributed by atoms with Gasteiger partial charge in [-0.25, -0.2) is 9.79 Å². The number of anilines is 1. The van der Waals surface area contributed by atoms with Crippen molar-refractivity contribution >= 4 is 17.7 Å². The van der Waals surface area contributed by atoms with Crippen LogP contribution in [0.3, 0.4) is 0 Å². The molecule has 2 aromatic rings. The Morgan fingerprint density at radius 1 is 1.10 bits per heavy atom. The summed E-state index contributed by atoms with van der Waals surface area (Å²) in [5.74, 6) is 0.630. The molecule has 4 N–H and O–H groups in total. The maximum Gasteiger partial charge on any atom is 0.321 e.